The Balaban J connectivity index is 3.32. The van der Waals surface area contributed by atoms with Crippen molar-refractivity contribution in [1.82, 2.24) is 0 Å². The molecule has 4 heteroatoms. The summed E-state index contributed by atoms with van der Waals surface area (Å²) in [7, 11) is 0. The molecule has 112 valence electrons. The molecule has 0 fully saturated rings. The third-order valence-electron chi connectivity index (χ3n) is 2.46. The summed E-state index contributed by atoms with van der Waals surface area (Å²) in [6.07, 6.45) is 3.51. The normalized spacial score (nSPS) is 10.8. The molecule has 0 N–H and O–H groups in total. The van der Waals surface area contributed by atoms with Crippen LogP contribution in [-0.2, 0) is 19.1 Å². The second-order valence-electron chi connectivity index (χ2n) is 5.70. The topological polar surface area (TPSA) is 52.6 Å². The fourth-order valence-corrected chi connectivity index (χ4v) is 1.54. The van der Waals surface area contributed by atoms with Crippen molar-refractivity contribution in [3.63, 3.8) is 0 Å². The Morgan fingerprint density at radius 1 is 0.737 bits per heavy atom. The van der Waals surface area contributed by atoms with Crippen LogP contribution >= 0.6 is 0 Å². The highest BCUT2D eigenvalue weighted by atomic mass is 16.5. The van der Waals surface area contributed by atoms with Crippen LogP contribution in [0.15, 0.2) is 0 Å². The maximum absolute atomic E-state index is 11.2. The van der Waals surface area contributed by atoms with Crippen molar-refractivity contribution < 1.29 is 19.1 Å². The van der Waals surface area contributed by atoms with Gasteiger partial charge in [-0.05, 0) is 31.1 Å². The molecular formula is C15H28O4. The molecule has 0 saturated carbocycles. The lowest BCUT2D eigenvalue weighted by molar-refractivity contribution is -0.144. The molecule has 0 aromatic heterocycles. The molecule has 19 heavy (non-hydrogen) atoms. The summed E-state index contributed by atoms with van der Waals surface area (Å²) in [5.74, 6) is 0.428. The van der Waals surface area contributed by atoms with Crippen LogP contribution in [0.25, 0.3) is 0 Å². The Labute approximate surface area is 116 Å². The van der Waals surface area contributed by atoms with E-state index in [0.29, 0.717) is 37.9 Å². The van der Waals surface area contributed by atoms with E-state index in [4.69, 9.17) is 9.47 Å². The summed E-state index contributed by atoms with van der Waals surface area (Å²) < 4.78 is 10.2. The molecule has 0 spiro atoms. The van der Waals surface area contributed by atoms with Crippen molar-refractivity contribution in [2.75, 3.05) is 13.2 Å². The van der Waals surface area contributed by atoms with E-state index < -0.39 is 0 Å². The van der Waals surface area contributed by atoms with Gasteiger partial charge in [-0.3, -0.25) is 9.59 Å². The monoisotopic (exact) mass is 272 g/mol. The van der Waals surface area contributed by atoms with Crippen molar-refractivity contribution in [2.45, 2.75) is 59.8 Å². The first kappa shape index (κ1) is 17.9. The van der Waals surface area contributed by atoms with Crippen molar-refractivity contribution in [2.24, 2.45) is 11.8 Å². The predicted molar refractivity (Wildman–Crippen MR) is 74.7 cm³/mol. The number of hydrogen-bond donors (Lipinski definition) is 0. The minimum atomic E-state index is -0.127. The second-order valence-corrected chi connectivity index (χ2v) is 5.70. The molecule has 0 aliphatic rings. The van der Waals surface area contributed by atoms with Gasteiger partial charge in [0.25, 0.3) is 0 Å². The van der Waals surface area contributed by atoms with E-state index in [1.165, 1.54) is 0 Å². The molecule has 0 radical (unpaired) electrons. The van der Waals surface area contributed by atoms with Crippen LogP contribution in [0.4, 0.5) is 0 Å². The van der Waals surface area contributed by atoms with Crippen LogP contribution < -0.4 is 0 Å². The molecule has 0 unspecified atom stereocenters. The lowest BCUT2D eigenvalue weighted by Gasteiger charge is -2.07. The number of hydrogen-bond acceptors (Lipinski definition) is 4. The van der Waals surface area contributed by atoms with Gasteiger partial charge in [-0.1, -0.05) is 27.7 Å². The van der Waals surface area contributed by atoms with Crippen LogP contribution in [0.1, 0.15) is 59.8 Å². The summed E-state index contributed by atoms with van der Waals surface area (Å²) in [6, 6.07) is 0. The number of carbonyl (C=O) groups is 2. The highest BCUT2D eigenvalue weighted by Crippen LogP contribution is 2.04. The van der Waals surface area contributed by atoms with E-state index in [2.05, 4.69) is 0 Å². The van der Waals surface area contributed by atoms with E-state index in [-0.39, 0.29) is 11.9 Å². The van der Waals surface area contributed by atoms with Gasteiger partial charge < -0.3 is 9.47 Å². The first-order valence-electron chi connectivity index (χ1n) is 7.23. The summed E-state index contributed by atoms with van der Waals surface area (Å²) >= 11 is 0. The fraction of sp³-hybridized carbons (Fsp3) is 0.867. The molecule has 4 nitrogen and oxygen atoms in total. The van der Waals surface area contributed by atoms with E-state index in [9.17, 15) is 9.59 Å². The quantitative estimate of drug-likeness (QED) is 0.452. The largest absolute Gasteiger partial charge is 0.466 e. The van der Waals surface area contributed by atoms with E-state index in [1.54, 1.807) is 0 Å². The minimum Gasteiger partial charge on any atom is -0.466 e. The van der Waals surface area contributed by atoms with E-state index >= 15 is 0 Å². The third-order valence-corrected chi connectivity index (χ3v) is 2.46. The van der Waals surface area contributed by atoms with Crippen LogP contribution in [0, 0.1) is 11.8 Å². The van der Waals surface area contributed by atoms with Gasteiger partial charge in [-0.2, -0.15) is 0 Å². The predicted octanol–water partition coefficient (Wildman–Crippen LogP) is 3.34. The van der Waals surface area contributed by atoms with Gasteiger partial charge in [0, 0.05) is 12.8 Å². The summed E-state index contributed by atoms with van der Waals surface area (Å²) in [4.78, 5) is 22.5. The van der Waals surface area contributed by atoms with Gasteiger partial charge in [0.1, 0.15) is 0 Å². The molecular weight excluding hydrogens is 244 g/mol. The van der Waals surface area contributed by atoms with Gasteiger partial charge in [-0.25, -0.2) is 0 Å². The Morgan fingerprint density at radius 3 is 1.42 bits per heavy atom. The molecule has 0 aromatic carbocycles. The van der Waals surface area contributed by atoms with Crippen LogP contribution in [0.5, 0.6) is 0 Å². The van der Waals surface area contributed by atoms with Crippen molar-refractivity contribution >= 4 is 11.9 Å². The number of ether oxygens (including phenoxy) is 2. The third kappa shape index (κ3) is 13.2. The first-order valence-corrected chi connectivity index (χ1v) is 7.23. The molecule has 0 bridgehead atoms. The fourth-order valence-electron chi connectivity index (χ4n) is 1.54. The zero-order valence-electron chi connectivity index (χ0n) is 12.7. The number of esters is 2. The zero-order valence-corrected chi connectivity index (χ0v) is 12.7. The van der Waals surface area contributed by atoms with E-state index in [0.717, 1.165) is 19.3 Å². The van der Waals surface area contributed by atoms with Crippen molar-refractivity contribution in [3.05, 3.63) is 0 Å². The molecule has 0 rings (SSSR count). The van der Waals surface area contributed by atoms with Crippen molar-refractivity contribution in [3.8, 4) is 0 Å². The first-order chi connectivity index (χ1) is 8.91. The molecule has 0 saturated heterocycles. The maximum Gasteiger partial charge on any atom is 0.306 e. The van der Waals surface area contributed by atoms with Crippen LogP contribution in [0.3, 0.4) is 0 Å². The Hall–Kier alpha value is -1.06. The average Bonchev–Trinajstić information content (AvgIpc) is 2.25. The maximum atomic E-state index is 11.2. The molecule has 0 atom stereocenters. The highest BCUT2D eigenvalue weighted by molar-refractivity contribution is 5.69. The zero-order chi connectivity index (χ0) is 14.7. The number of carbonyl (C=O) groups excluding carboxylic acids is 2. The second kappa shape index (κ2) is 10.8. The Kier molecular flexibility index (Phi) is 10.2. The molecule has 0 aliphatic carbocycles. The minimum absolute atomic E-state index is 0.127. The molecule has 0 aliphatic heterocycles. The Bertz CT molecular complexity index is 233. The van der Waals surface area contributed by atoms with Gasteiger partial charge >= 0.3 is 11.9 Å². The molecule has 0 heterocycles. The Morgan fingerprint density at radius 2 is 1.11 bits per heavy atom. The van der Waals surface area contributed by atoms with Gasteiger partial charge in [0.15, 0.2) is 0 Å². The summed E-state index contributed by atoms with van der Waals surface area (Å²) in [6.45, 7) is 8.90. The van der Waals surface area contributed by atoms with Gasteiger partial charge in [0.05, 0.1) is 13.2 Å². The summed E-state index contributed by atoms with van der Waals surface area (Å²) in [5, 5.41) is 0. The summed E-state index contributed by atoms with van der Waals surface area (Å²) in [5.41, 5.74) is 0. The lowest BCUT2D eigenvalue weighted by atomic mass is 10.1. The van der Waals surface area contributed by atoms with Gasteiger partial charge in [-0.15, -0.1) is 0 Å². The number of unbranched alkanes of at least 4 members (excludes halogenated alkanes) is 2. The highest BCUT2D eigenvalue weighted by Gasteiger charge is 2.06. The van der Waals surface area contributed by atoms with Crippen LogP contribution in [-0.4, -0.2) is 25.2 Å². The molecule has 0 amide bonds. The molecule has 0 aromatic rings. The average molecular weight is 272 g/mol. The number of rotatable bonds is 10. The lowest BCUT2D eigenvalue weighted by Crippen LogP contribution is -2.10. The van der Waals surface area contributed by atoms with Crippen molar-refractivity contribution in [1.29, 1.82) is 0 Å². The SMILES string of the molecule is CC(C)CC(=O)OCCCCCOC(=O)CC(C)C. The van der Waals surface area contributed by atoms with Gasteiger partial charge in [0.2, 0.25) is 0 Å². The van der Waals surface area contributed by atoms with E-state index in [1.807, 2.05) is 27.7 Å². The smallest absolute Gasteiger partial charge is 0.306 e. The van der Waals surface area contributed by atoms with Crippen LogP contribution in [0.2, 0.25) is 0 Å². The standard InChI is InChI=1S/C15H28O4/c1-12(2)10-14(16)18-8-6-5-7-9-19-15(17)11-13(3)4/h12-13H,5-11H2,1-4H3.